The van der Waals surface area contributed by atoms with Gasteiger partial charge in [-0.3, -0.25) is 0 Å². The van der Waals surface area contributed by atoms with E-state index in [1.54, 1.807) is 19.1 Å². The molecule has 1 N–H and O–H groups in total. The number of hydrogen-bond donors (Lipinski definition) is 1. The van der Waals surface area contributed by atoms with Gasteiger partial charge in [-0.05, 0) is 44.5 Å². The smallest absolute Gasteiger partial charge is 0.126 e. The topological polar surface area (TPSA) is 29.5 Å². The van der Waals surface area contributed by atoms with E-state index in [-0.39, 0.29) is 6.10 Å². The molecular weight excluding hydrogens is 272 g/mol. The minimum Gasteiger partial charge on any atom is -0.491 e. The van der Waals surface area contributed by atoms with Gasteiger partial charge in [-0.2, -0.15) is 0 Å². The van der Waals surface area contributed by atoms with Gasteiger partial charge in [0.2, 0.25) is 0 Å². The van der Waals surface area contributed by atoms with Gasteiger partial charge in [0.15, 0.2) is 0 Å². The summed E-state index contributed by atoms with van der Waals surface area (Å²) in [7, 11) is 0. The first kappa shape index (κ1) is 14.9. The lowest BCUT2D eigenvalue weighted by atomic mass is 9.87. The summed E-state index contributed by atoms with van der Waals surface area (Å²) < 4.78 is 5.79. The highest BCUT2D eigenvalue weighted by Crippen LogP contribution is 2.36. The first-order chi connectivity index (χ1) is 9.41. The molecule has 2 rings (SSSR count). The lowest BCUT2D eigenvalue weighted by Crippen LogP contribution is -2.24. The van der Waals surface area contributed by atoms with Crippen LogP contribution in [0.5, 0.6) is 5.75 Å². The van der Waals surface area contributed by atoms with Gasteiger partial charge < -0.3 is 9.84 Å². The van der Waals surface area contributed by atoms with Crippen LogP contribution in [0.25, 0.3) is 0 Å². The predicted molar refractivity (Wildman–Crippen MR) is 82.3 cm³/mol. The molecule has 1 atom stereocenters. The molecule has 0 aliphatic carbocycles. The molecule has 0 fully saturated rings. The Kier molecular flexibility index (Phi) is 4.36. The average molecular weight is 291 g/mol. The SMILES string of the molecule is CC(C)Oc1ccccc1C(C)(O)c1cccc(Cl)c1. The van der Waals surface area contributed by atoms with Crippen molar-refractivity contribution < 1.29 is 9.84 Å². The van der Waals surface area contributed by atoms with E-state index in [2.05, 4.69) is 0 Å². The molecule has 2 aromatic rings. The summed E-state index contributed by atoms with van der Waals surface area (Å²) in [6.45, 7) is 5.68. The van der Waals surface area contributed by atoms with Gasteiger partial charge >= 0.3 is 0 Å². The van der Waals surface area contributed by atoms with E-state index < -0.39 is 5.60 Å². The van der Waals surface area contributed by atoms with Crippen LogP contribution in [0, 0.1) is 0 Å². The summed E-state index contributed by atoms with van der Waals surface area (Å²) in [6, 6.07) is 14.8. The zero-order valence-corrected chi connectivity index (χ0v) is 12.7. The fourth-order valence-corrected chi connectivity index (χ4v) is 2.36. The number of para-hydroxylation sites is 1. The Balaban J connectivity index is 2.48. The second-order valence-corrected chi connectivity index (χ2v) is 5.68. The Morgan fingerprint density at radius 2 is 1.80 bits per heavy atom. The molecule has 106 valence electrons. The van der Waals surface area contributed by atoms with Gasteiger partial charge in [-0.1, -0.05) is 41.9 Å². The Labute approximate surface area is 125 Å². The fraction of sp³-hybridized carbons (Fsp3) is 0.294. The van der Waals surface area contributed by atoms with Gasteiger partial charge in [-0.25, -0.2) is 0 Å². The van der Waals surface area contributed by atoms with Gasteiger partial charge in [0.05, 0.1) is 6.10 Å². The van der Waals surface area contributed by atoms with Crippen LogP contribution >= 0.6 is 11.6 Å². The predicted octanol–water partition coefficient (Wildman–Crippen LogP) is 4.38. The number of halogens is 1. The molecule has 0 aromatic heterocycles. The molecule has 0 saturated heterocycles. The maximum absolute atomic E-state index is 10.9. The Bertz CT molecular complexity index is 591. The summed E-state index contributed by atoms with van der Waals surface area (Å²) in [4.78, 5) is 0. The molecule has 2 aromatic carbocycles. The fourth-order valence-electron chi connectivity index (χ4n) is 2.17. The number of aliphatic hydroxyl groups is 1. The van der Waals surface area contributed by atoms with Crippen LogP contribution in [-0.2, 0) is 5.60 Å². The molecule has 0 saturated carbocycles. The Morgan fingerprint density at radius 1 is 1.10 bits per heavy atom. The average Bonchev–Trinajstić information content (AvgIpc) is 2.38. The Hall–Kier alpha value is -1.51. The van der Waals surface area contributed by atoms with E-state index in [0.29, 0.717) is 10.8 Å². The standard InChI is InChI=1S/C17H19ClO2/c1-12(2)20-16-10-5-4-9-15(16)17(3,19)13-7-6-8-14(18)11-13/h4-12,19H,1-3H3. The van der Waals surface area contributed by atoms with Gasteiger partial charge in [0.1, 0.15) is 11.4 Å². The molecule has 0 amide bonds. The number of rotatable bonds is 4. The maximum atomic E-state index is 10.9. The molecule has 20 heavy (non-hydrogen) atoms. The summed E-state index contributed by atoms with van der Waals surface area (Å²) in [5.74, 6) is 0.687. The molecule has 0 spiro atoms. The van der Waals surface area contributed by atoms with E-state index in [1.165, 1.54) is 0 Å². The lowest BCUT2D eigenvalue weighted by Gasteiger charge is -2.27. The number of hydrogen-bond acceptors (Lipinski definition) is 2. The maximum Gasteiger partial charge on any atom is 0.126 e. The van der Waals surface area contributed by atoms with Crippen molar-refractivity contribution in [3.05, 3.63) is 64.7 Å². The summed E-state index contributed by atoms with van der Waals surface area (Å²) in [6.07, 6.45) is 0.0475. The third-order valence-electron chi connectivity index (χ3n) is 3.16. The molecular formula is C17H19ClO2. The van der Waals surface area contributed by atoms with E-state index >= 15 is 0 Å². The first-order valence-corrected chi connectivity index (χ1v) is 7.03. The second kappa shape index (κ2) is 5.86. The molecule has 1 unspecified atom stereocenters. The van der Waals surface area contributed by atoms with E-state index in [1.807, 2.05) is 50.2 Å². The van der Waals surface area contributed by atoms with Crippen molar-refractivity contribution in [2.45, 2.75) is 32.5 Å². The van der Waals surface area contributed by atoms with Crippen molar-refractivity contribution in [3.63, 3.8) is 0 Å². The summed E-state index contributed by atoms with van der Waals surface area (Å²) in [5.41, 5.74) is 0.317. The summed E-state index contributed by atoms with van der Waals surface area (Å²) >= 11 is 6.02. The molecule has 0 heterocycles. The van der Waals surface area contributed by atoms with Crippen molar-refractivity contribution in [1.82, 2.24) is 0 Å². The van der Waals surface area contributed by atoms with Crippen molar-refractivity contribution >= 4 is 11.6 Å². The van der Waals surface area contributed by atoms with E-state index in [0.717, 1.165) is 11.1 Å². The van der Waals surface area contributed by atoms with Crippen LogP contribution in [-0.4, -0.2) is 11.2 Å². The lowest BCUT2D eigenvalue weighted by molar-refractivity contribution is 0.0958. The summed E-state index contributed by atoms with van der Waals surface area (Å²) in [5, 5.41) is 11.5. The second-order valence-electron chi connectivity index (χ2n) is 5.25. The molecule has 0 aliphatic heterocycles. The highest BCUT2D eigenvalue weighted by atomic mass is 35.5. The number of ether oxygens (including phenoxy) is 1. The minimum atomic E-state index is -1.16. The van der Waals surface area contributed by atoms with Crippen LogP contribution in [0.15, 0.2) is 48.5 Å². The van der Waals surface area contributed by atoms with Crippen LogP contribution in [0.1, 0.15) is 31.9 Å². The van der Waals surface area contributed by atoms with Gasteiger partial charge in [0, 0.05) is 10.6 Å². The third kappa shape index (κ3) is 3.14. The van der Waals surface area contributed by atoms with Crippen LogP contribution < -0.4 is 4.74 Å². The van der Waals surface area contributed by atoms with E-state index in [4.69, 9.17) is 16.3 Å². The molecule has 0 radical (unpaired) electrons. The van der Waals surface area contributed by atoms with Crippen molar-refractivity contribution in [1.29, 1.82) is 0 Å². The zero-order chi connectivity index (χ0) is 14.8. The van der Waals surface area contributed by atoms with Crippen molar-refractivity contribution in [2.24, 2.45) is 0 Å². The largest absolute Gasteiger partial charge is 0.491 e. The van der Waals surface area contributed by atoms with Gasteiger partial charge in [-0.15, -0.1) is 0 Å². The van der Waals surface area contributed by atoms with Crippen LogP contribution in [0.3, 0.4) is 0 Å². The minimum absolute atomic E-state index is 0.0475. The van der Waals surface area contributed by atoms with Crippen molar-refractivity contribution in [3.8, 4) is 5.75 Å². The zero-order valence-electron chi connectivity index (χ0n) is 11.9. The van der Waals surface area contributed by atoms with Crippen LogP contribution in [0.4, 0.5) is 0 Å². The highest BCUT2D eigenvalue weighted by Gasteiger charge is 2.29. The highest BCUT2D eigenvalue weighted by molar-refractivity contribution is 6.30. The third-order valence-corrected chi connectivity index (χ3v) is 3.40. The van der Waals surface area contributed by atoms with Crippen molar-refractivity contribution in [2.75, 3.05) is 0 Å². The monoisotopic (exact) mass is 290 g/mol. The molecule has 0 aliphatic rings. The van der Waals surface area contributed by atoms with E-state index in [9.17, 15) is 5.11 Å². The quantitative estimate of drug-likeness (QED) is 0.905. The molecule has 0 bridgehead atoms. The normalized spacial score (nSPS) is 14.1. The number of benzene rings is 2. The van der Waals surface area contributed by atoms with Crippen LogP contribution in [0.2, 0.25) is 5.02 Å². The first-order valence-electron chi connectivity index (χ1n) is 6.66. The Morgan fingerprint density at radius 3 is 2.45 bits per heavy atom. The van der Waals surface area contributed by atoms with Gasteiger partial charge in [0.25, 0.3) is 0 Å². The molecule has 2 nitrogen and oxygen atoms in total. The molecule has 3 heteroatoms.